The molecule has 0 aromatic heterocycles. The molecule has 2 aliphatic heterocycles. The molecular weight excluding hydrogens is 593 g/mol. The van der Waals surface area contributed by atoms with Crippen molar-refractivity contribution in [1.29, 1.82) is 0 Å². The summed E-state index contributed by atoms with van der Waals surface area (Å²) in [5, 5.41) is 18.6. The minimum atomic E-state index is -4.80. The predicted octanol–water partition coefficient (Wildman–Crippen LogP) is 7.50. The van der Waals surface area contributed by atoms with Gasteiger partial charge in [0, 0.05) is 21.2 Å². The topological polar surface area (TPSA) is 93.1 Å². The number of ether oxygens (including phenoxy) is 2. The number of aryl methyl sites for hydroxylation is 2. The maximum absolute atomic E-state index is 12.9. The molecule has 0 spiro atoms. The monoisotopic (exact) mass is 612 g/mol. The van der Waals surface area contributed by atoms with E-state index in [0.717, 1.165) is 12.2 Å². The second-order valence-electron chi connectivity index (χ2n) is 8.98. The van der Waals surface area contributed by atoms with Gasteiger partial charge in [0.1, 0.15) is 11.5 Å². The zero-order valence-electron chi connectivity index (χ0n) is 21.0. The third-order valence-corrected chi connectivity index (χ3v) is 7.29. The van der Waals surface area contributed by atoms with Crippen LogP contribution in [0.1, 0.15) is 33.4 Å². The van der Waals surface area contributed by atoms with Gasteiger partial charge in [0.15, 0.2) is 0 Å². The number of aliphatic carboxylic acids is 2. The van der Waals surface area contributed by atoms with Crippen molar-refractivity contribution < 1.29 is 55.6 Å². The van der Waals surface area contributed by atoms with Crippen LogP contribution in [0.4, 0.5) is 26.3 Å². The van der Waals surface area contributed by atoms with Gasteiger partial charge in [0.05, 0.1) is 11.1 Å². The van der Waals surface area contributed by atoms with E-state index in [1.54, 1.807) is 27.7 Å². The maximum Gasteiger partial charge on any atom is 0.430 e. The average Bonchev–Trinajstić information content (AvgIpc) is 2.84. The molecule has 2 aromatic rings. The molecule has 0 unspecified atom stereocenters. The van der Waals surface area contributed by atoms with E-state index in [0.29, 0.717) is 32.3 Å². The first kappa shape index (κ1) is 31.2. The van der Waals surface area contributed by atoms with Crippen molar-refractivity contribution >= 4 is 47.3 Å². The number of fused-ring (bicyclic) bond motifs is 2. The Morgan fingerprint density at radius 2 is 1.00 bits per heavy atom. The lowest BCUT2D eigenvalue weighted by molar-refractivity contribution is -0.187. The molecule has 4 rings (SSSR count). The molecule has 2 atom stereocenters. The zero-order chi connectivity index (χ0) is 30.5. The molecule has 6 nitrogen and oxygen atoms in total. The van der Waals surface area contributed by atoms with E-state index in [9.17, 15) is 35.9 Å². The van der Waals surface area contributed by atoms with Gasteiger partial charge in [-0.3, -0.25) is 0 Å². The molecule has 0 saturated carbocycles. The van der Waals surface area contributed by atoms with Crippen LogP contribution in [0.5, 0.6) is 11.5 Å². The lowest BCUT2D eigenvalue weighted by Crippen LogP contribution is -2.40. The van der Waals surface area contributed by atoms with Crippen molar-refractivity contribution in [2.45, 2.75) is 52.3 Å². The summed E-state index contributed by atoms with van der Waals surface area (Å²) in [7, 11) is 0. The summed E-state index contributed by atoms with van der Waals surface area (Å²) in [6.45, 7) is 6.47. The third kappa shape index (κ3) is 6.02. The number of benzene rings is 2. The Labute approximate surface area is 233 Å². The van der Waals surface area contributed by atoms with Gasteiger partial charge in [-0.15, -0.1) is 0 Å². The molecule has 0 radical (unpaired) electrons. The molecule has 0 aliphatic carbocycles. The van der Waals surface area contributed by atoms with Gasteiger partial charge < -0.3 is 19.7 Å². The van der Waals surface area contributed by atoms with Crippen molar-refractivity contribution in [3.05, 3.63) is 66.7 Å². The molecular formula is C26H20Cl2F6O6. The van der Waals surface area contributed by atoms with E-state index in [4.69, 9.17) is 42.9 Å². The van der Waals surface area contributed by atoms with E-state index in [-0.39, 0.29) is 22.6 Å². The molecule has 2 N–H and O–H groups in total. The van der Waals surface area contributed by atoms with Crippen molar-refractivity contribution in [2.24, 2.45) is 0 Å². The largest absolute Gasteiger partial charge is 0.478 e. The Bertz CT molecular complexity index is 1350. The van der Waals surface area contributed by atoms with Crippen LogP contribution >= 0.6 is 23.2 Å². The smallest absolute Gasteiger partial charge is 0.430 e. The molecule has 0 fully saturated rings. The third-order valence-electron chi connectivity index (χ3n) is 6.13. The van der Waals surface area contributed by atoms with Gasteiger partial charge in [-0.1, -0.05) is 23.2 Å². The number of hydrogen-bond acceptors (Lipinski definition) is 4. The van der Waals surface area contributed by atoms with E-state index in [2.05, 4.69) is 0 Å². The Balaban J connectivity index is 0.000000220. The molecule has 0 bridgehead atoms. The molecule has 2 heterocycles. The molecule has 40 heavy (non-hydrogen) atoms. The average molecular weight is 613 g/mol. The number of rotatable bonds is 2. The molecule has 2 aliphatic rings. The van der Waals surface area contributed by atoms with Crippen LogP contribution in [0.15, 0.2) is 23.3 Å². The Morgan fingerprint density at radius 1 is 0.700 bits per heavy atom. The van der Waals surface area contributed by atoms with Gasteiger partial charge in [0.25, 0.3) is 0 Å². The van der Waals surface area contributed by atoms with Gasteiger partial charge in [0.2, 0.25) is 12.2 Å². The Hall–Kier alpha value is -3.38. The second-order valence-corrected chi connectivity index (χ2v) is 9.73. The van der Waals surface area contributed by atoms with Crippen LogP contribution in [0.2, 0.25) is 10.0 Å². The van der Waals surface area contributed by atoms with Crippen LogP contribution in [0, 0.1) is 27.7 Å². The summed E-state index contributed by atoms with van der Waals surface area (Å²) in [6, 6.07) is 2.75. The highest BCUT2D eigenvalue weighted by Gasteiger charge is 2.49. The van der Waals surface area contributed by atoms with Crippen molar-refractivity contribution in [3.8, 4) is 11.5 Å². The summed E-state index contributed by atoms with van der Waals surface area (Å²) in [4.78, 5) is 22.0. The molecule has 0 amide bonds. The molecule has 0 saturated heterocycles. The zero-order valence-corrected chi connectivity index (χ0v) is 22.5. The van der Waals surface area contributed by atoms with Gasteiger partial charge in [-0.25, -0.2) is 9.59 Å². The number of hydrogen-bond donors (Lipinski definition) is 2. The lowest BCUT2D eigenvalue weighted by atomic mass is 9.96. The first-order valence-electron chi connectivity index (χ1n) is 11.2. The number of carboxylic acid groups (broad SMARTS) is 2. The van der Waals surface area contributed by atoms with E-state index >= 15 is 0 Å². The first-order valence-corrected chi connectivity index (χ1v) is 12.0. The summed E-state index contributed by atoms with van der Waals surface area (Å²) in [5.74, 6) is -3.38. The van der Waals surface area contributed by atoms with E-state index in [1.165, 1.54) is 12.1 Å². The highest BCUT2D eigenvalue weighted by molar-refractivity contribution is 6.32. The minimum absolute atomic E-state index is 0.0169. The molecule has 14 heteroatoms. The molecule has 216 valence electrons. The van der Waals surface area contributed by atoms with Gasteiger partial charge in [-0.05, 0) is 74.2 Å². The normalized spacial score (nSPS) is 18.1. The lowest BCUT2D eigenvalue weighted by Gasteiger charge is -2.28. The summed E-state index contributed by atoms with van der Waals surface area (Å²) < 4.78 is 86.9. The van der Waals surface area contributed by atoms with Crippen LogP contribution in [0.3, 0.4) is 0 Å². The number of alkyl halides is 6. The van der Waals surface area contributed by atoms with Gasteiger partial charge in [-0.2, -0.15) is 26.3 Å². The van der Waals surface area contributed by atoms with Crippen molar-refractivity contribution in [2.75, 3.05) is 0 Å². The Kier molecular flexibility index (Phi) is 8.48. The minimum Gasteiger partial charge on any atom is -0.478 e. The highest BCUT2D eigenvalue weighted by Crippen LogP contribution is 2.42. The fraction of sp³-hybridized carbons (Fsp3) is 0.308. The highest BCUT2D eigenvalue weighted by atomic mass is 35.5. The maximum atomic E-state index is 12.9. The number of halogens is 8. The second kappa shape index (κ2) is 10.9. The fourth-order valence-electron chi connectivity index (χ4n) is 4.10. The number of carbonyl (C=O) groups is 2. The van der Waals surface area contributed by atoms with Crippen molar-refractivity contribution in [1.82, 2.24) is 0 Å². The predicted molar refractivity (Wildman–Crippen MR) is 134 cm³/mol. The number of carboxylic acids is 2. The summed E-state index contributed by atoms with van der Waals surface area (Å²) >= 11 is 12.0. The standard InChI is InChI=1S/2C13H10ClF3O3/c2*1-5-3-9-7(6(2)10(5)14)4-8(12(18)19)11(20-9)13(15,16)17/h2*3-4,11H,1-2H3,(H,18,19)/t2*11-/m11/s1. The summed E-state index contributed by atoms with van der Waals surface area (Å²) in [6.07, 6.45) is -12.6. The Morgan fingerprint density at radius 3 is 1.25 bits per heavy atom. The molecule has 2 aromatic carbocycles. The van der Waals surface area contributed by atoms with Crippen LogP contribution < -0.4 is 9.47 Å². The van der Waals surface area contributed by atoms with Crippen molar-refractivity contribution in [3.63, 3.8) is 0 Å². The van der Waals surface area contributed by atoms with E-state index in [1.807, 2.05) is 0 Å². The van der Waals surface area contributed by atoms with Crippen LogP contribution in [-0.4, -0.2) is 46.7 Å². The van der Waals surface area contributed by atoms with Crippen LogP contribution in [-0.2, 0) is 9.59 Å². The quantitative estimate of drug-likeness (QED) is 0.341. The summed E-state index contributed by atoms with van der Waals surface area (Å²) in [5.41, 5.74) is 0.923. The van der Waals surface area contributed by atoms with E-state index < -0.39 is 47.6 Å². The van der Waals surface area contributed by atoms with Crippen LogP contribution in [0.25, 0.3) is 12.2 Å². The fourth-order valence-corrected chi connectivity index (χ4v) is 4.42. The SMILES string of the molecule is Cc1cc2c(c(C)c1Cl)C=C(C(=O)O)[C@H](C(F)(F)F)O2.Cc1cc2c(c(C)c1Cl)C=C(C(=O)O)[C@H](C(F)(F)F)O2. The van der Waals surface area contributed by atoms with Gasteiger partial charge >= 0.3 is 24.3 Å². The first-order chi connectivity index (χ1) is 18.2.